The number of fused-ring (bicyclic) bond motifs is 1. The minimum Gasteiger partial charge on any atom is -0.391 e. The number of pyridine rings is 1. The molecular formula is C16H19N3OS. The number of hydrogen-bond donors (Lipinski definition) is 2. The van der Waals surface area contributed by atoms with E-state index in [0.717, 1.165) is 10.9 Å². The zero-order valence-corrected chi connectivity index (χ0v) is 13.0. The average molecular weight is 301 g/mol. The van der Waals surface area contributed by atoms with E-state index in [1.54, 1.807) is 6.07 Å². The summed E-state index contributed by atoms with van der Waals surface area (Å²) in [6, 6.07) is 11.3. The summed E-state index contributed by atoms with van der Waals surface area (Å²) in [5.74, 6) is -0.253. The number of carbonyl (C=O) groups is 1. The van der Waals surface area contributed by atoms with Gasteiger partial charge in [-0.3, -0.25) is 4.79 Å². The number of hydrogen-bond acceptors (Lipinski definition) is 3. The number of nitrogens with two attached hydrogens (primary N) is 1. The fraction of sp³-hybridized carbons (Fsp3) is 0.312. The Bertz CT molecular complexity index is 680. The van der Waals surface area contributed by atoms with Gasteiger partial charge in [-0.1, -0.05) is 50.3 Å². The van der Waals surface area contributed by atoms with Crippen LogP contribution in [0.5, 0.6) is 0 Å². The van der Waals surface area contributed by atoms with Crippen LogP contribution in [0, 0.1) is 0 Å². The molecule has 0 aliphatic carbocycles. The van der Waals surface area contributed by atoms with Gasteiger partial charge in [0, 0.05) is 5.39 Å². The lowest BCUT2D eigenvalue weighted by Gasteiger charge is -2.31. The summed E-state index contributed by atoms with van der Waals surface area (Å²) in [4.78, 5) is 17.1. The smallest absolute Gasteiger partial charge is 0.270 e. The van der Waals surface area contributed by atoms with Crippen LogP contribution in [0.15, 0.2) is 36.4 Å². The second kappa shape index (κ2) is 6.18. The number of nitrogens with zero attached hydrogens (tertiary/aromatic N) is 1. The standard InChI is InChI=1S/C16H19N3OS/c1-3-16(4-2,15(17)21)19-14(20)13-10-9-11-7-5-6-8-12(11)18-13/h5-10H,3-4H2,1-2H3,(H2,17,21)(H,19,20). The van der Waals surface area contributed by atoms with Gasteiger partial charge in [0.05, 0.1) is 16.0 Å². The SMILES string of the molecule is CCC(CC)(NC(=O)c1ccc2ccccc2n1)C(N)=S. The minimum atomic E-state index is -0.653. The van der Waals surface area contributed by atoms with Crippen molar-refractivity contribution in [2.75, 3.05) is 0 Å². The lowest BCUT2D eigenvalue weighted by atomic mass is 9.92. The molecule has 0 fully saturated rings. The van der Waals surface area contributed by atoms with Crippen molar-refractivity contribution in [3.05, 3.63) is 42.1 Å². The normalized spacial score (nSPS) is 11.3. The van der Waals surface area contributed by atoms with E-state index in [-0.39, 0.29) is 5.91 Å². The second-order valence-electron chi connectivity index (χ2n) is 5.00. The Balaban J connectivity index is 2.31. The first-order valence-electron chi connectivity index (χ1n) is 7.00. The van der Waals surface area contributed by atoms with Crippen LogP contribution in [-0.2, 0) is 0 Å². The van der Waals surface area contributed by atoms with E-state index >= 15 is 0 Å². The van der Waals surface area contributed by atoms with Gasteiger partial charge in [0.15, 0.2) is 0 Å². The van der Waals surface area contributed by atoms with Crippen molar-refractivity contribution < 1.29 is 4.79 Å². The Labute approximate surface area is 129 Å². The van der Waals surface area contributed by atoms with Gasteiger partial charge in [0.25, 0.3) is 5.91 Å². The molecule has 1 aromatic carbocycles. The molecule has 0 unspecified atom stereocenters. The molecule has 0 aliphatic heterocycles. The number of para-hydroxylation sites is 1. The summed E-state index contributed by atoms with van der Waals surface area (Å²) in [6.45, 7) is 3.91. The molecule has 21 heavy (non-hydrogen) atoms. The first-order chi connectivity index (χ1) is 10.0. The number of aromatic nitrogens is 1. The van der Waals surface area contributed by atoms with E-state index in [2.05, 4.69) is 10.3 Å². The third-order valence-electron chi connectivity index (χ3n) is 3.86. The van der Waals surface area contributed by atoms with Gasteiger partial charge in [0.2, 0.25) is 0 Å². The zero-order chi connectivity index (χ0) is 15.5. The third kappa shape index (κ3) is 3.03. The molecule has 1 heterocycles. The maximum absolute atomic E-state index is 12.4. The first kappa shape index (κ1) is 15.4. The van der Waals surface area contributed by atoms with Crippen molar-refractivity contribution >= 4 is 34.0 Å². The number of amides is 1. The van der Waals surface area contributed by atoms with Crippen LogP contribution in [-0.4, -0.2) is 21.4 Å². The molecule has 4 nitrogen and oxygen atoms in total. The maximum Gasteiger partial charge on any atom is 0.270 e. The summed E-state index contributed by atoms with van der Waals surface area (Å²) in [6.07, 6.45) is 1.30. The number of rotatable bonds is 5. The summed E-state index contributed by atoms with van der Waals surface area (Å²) in [5, 5.41) is 3.94. The van der Waals surface area contributed by atoms with E-state index in [0.29, 0.717) is 23.5 Å². The molecule has 0 spiro atoms. The van der Waals surface area contributed by atoms with Gasteiger partial charge in [0.1, 0.15) is 5.69 Å². The molecule has 0 bridgehead atoms. The fourth-order valence-electron chi connectivity index (χ4n) is 2.31. The first-order valence-corrected chi connectivity index (χ1v) is 7.41. The van der Waals surface area contributed by atoms with Gasteiger partial charge in [-0.2, -0.15) is 0 Å². The van der Waals surface area contributed by atoms with Crippen LogP contribution >= 0.6 is 12.2 Å². The fourth-order valence-corrected chi connectivity index (χ4v) is 2.65. The molecule has 0 aliphatic rings. The Hall–Kier alpha value is -2.01. The predicted octanol–water partition coefficient (Wildman–Crippen LogP) is 2.81. The molecule has 3 N–H and O–H groups in total. The second-order valence-corrected chi connectivity index (χ2v) is 5.44. The molecule has 0 radical (unpaired) electrons. The van der Waals surface area contributed by atoms with Gasteiger partial charge in [-0.05, 0) is 25.0 Å². The van der Waals surface area contributed by atoms with Crippen LogP contribution in [0.3, 0.4) is 0 Å². The number of carbonyl (C=O) groups excluding carboxylic acids is 1. The Morgan fingerprint density at radius 3 is 2.52 bits per heavy atom. The summed E-state index contributed by atoms with van der Waals surface area (Å²) in [5.41, 5.74) is 6.32. The minimum absolute atomic E-state index is 0.253. The molecule has 0 saturated carbocycles. The molecule has 5 heteroatoms. The van der Waals surface area contributed by atoms with Gasteiger partial charge < -0.3 is 11.1 Å². The van der Waals surface area contributed by atoms with E-state index < -0.39 is 5.54 Å². The molecule has 2 rings (SSSR count). The van der Waals surface area contributed by atoms with Crippen molar-refractivity contribution in [1.82, 2.24) is 10.3 Å². The molecule has 110 valence electrons. The molecular weight excluding hydrogens is 282 g/mol. The highest BCUT2D eigenvalue weighted by molar-refractivity contribution is 7.80. The highest BCUT2D eigenvalue weighted by atomic mass is 32.1. The molecule has 0 saturated heterocycles. The van der Waals surface area contributed by atoms with Crippen molar-refractivity contribution in [2.24, 2.45) is 5.73 Å². The van der Waals surface area contributed by atoms with Crippen LogP contribution in [0.2, 0.25) is 0 Å². The quantitative estimate of drug-likeness (QED) is 0.833. The summed E-state index contributed by atoms with van der Waals surface area (Å²) >= 11 is 5.12. The Morgan fingerprint density at radius 1 is 1.24 bits per heavy atom. The van der Waals surface area contributed by atoms with Crippen LogP contribution in [0.4, 0.5) is 0 Å². The third-order valence-corrected chi connectivity index (χ3v) is 4.25. The summed E-state index contributed by atoms with van der Waals surface area (Å²) < 4.78 is 0. The van der Waals surface area contributed by atoms with E-state index in [9.17, 15) is 4.79 Å². The monoisotopic (exact) mass is 301 g/mol. The van der Waals surface area contributed by atoms with Crippen molar-refractivity contribution in [1.29, 1.82) is 0 Å². The van der Waals surface area contributed by atoms with Crippen LogP contribution in [0.1, 0.15) is 37.2 Å². The Morgan fingerprint density at radius 2 is 1.90 bits per heavy atom. The number of thiocarbonyl (C=S) groups is 1. The number of benzene rings is 1. The van der Waals surface area contributed by atoms with E-state index in [4.69, 9.17) is 18.0 Å². The highest BCUT2D eigenvalue weighted by Crippen LogP contribution is 2.17. The van der Waals surface area contributed by atoms with E-state index in [1.165, 1.54) is 0 Å². The topological polar surface area (TPSA) is 68.0 Å². The lowest BCUT2D eigenvalue weighted by molar-refractivity contribution is 0.0915. The van der Waals surface area contributed by atoms with Crippen LogP contribution < -0.4 is 11.1 Å². The summed E-state index contributed by atoms with van der Waals surface area (Å²) in [7, 11) is 0. The zero-order valence-electron chi connectivity index (χ0n) is 12.2. The van der Waals surface area contributed by atoms with Crippen LogP contribution in [0.25, 0.3) is 10.9 Å². The number of nitrogens with one attached hydrogen (secondary N) is 1. The van der Waals surface area contributed by atoms with Crippen molar-refractivity contribution in [3.63, 3.8) is 0 Å². The van der Waals surface area contributed by atoms with E-state index in [1.807, 2.05) is 44.2 Å². The van der Waals surface area contributed by atoms with Gasteiger partial charge >= 0.3 is 0 Å². The maximum atomic E-state index is 12.4. The van der Waals surface area contributed by atoms with Gasteiger partial charge in [-0.25, -0.2) is 4.98 Å². The van der Waals surface area contributed by atoms with Crippen molar-refractivity contribution in [3.8, 4) is 0 Å². The molecule has 1 amide bonds. The molecule has 1 aromatic heterocycles. The molecule has 0 atom stereocenters. The Kier molecular flexibility index (Phi) is 4.53. The highest BCUT2D eigenvalue weighted by Gasteiger charge is 2.32. The lowest BCUT2D eigenvalue weighted by Crippen LogP contribution is -2.56. The predicted molar refractivity (Wildman–Crippen MR) is 89.3 cm³/mol. The molecule has 2 aromatic rings. The average Bonchev–Trinajstić information content (AvgIpc) is 2.51. The van der Waals surface area contributed by atoms with Crippen molar-refractivity contribution in [2.45, 2.75) is 32.2 Å². The van der Waals surface area contributed by atoms with Gasteiger partial charge in [-0.15, -0.1) is 0 Å². The largest absolute Gasteiger partial charge is 0.391 e.